The van der Waals surface area contributed by atoms with Gasteiger partial charge < -0.3 is 14.9 Å². The van der Waals surface area contributed by atoms with Crippen LogP contribution in [0, 0.1) is 0 Å². The molecule has 0 radical (unpaired) electrons. The van der Waals surface area contributed by atoms with E-state index in [1.54, 1.807) is 6.33 Å². The zero-order valence-corrected chi connectivity index (χ0v) is 16.2. The van der Waals surface area contributed by atoms with Crippen LogP contribution in [0.25, 0.3) is 21.9 Å². The molecule has 5 nitrogen and oxygen atoms in total. The van der Waals surface area contributed by atoms with E-state index in [1.807, 2.05) is 71.7 Å². The zero-order chi connectivity index (χ0) is 20.3. The first-order valence-electron chi connectivity index (χ1n) is 9.80. The van der Waals surface area contributed by atoms with E-state index in [-0.39, 0.29) is 5.91 Å². The molecule has 2 N–H and O–H groups in total. The summed E-state index contributed by atoms with van der Waals surface area (Å²) in [5, 5.41) is 5.27. The minimum atomic E-state index is -0.134. The van der Waals surface area contributed by atoms with Crippen molar-refractivity contribution < 1.29 is 4.79 Å². The third kappa shape index (κ3) is 3.49. The van der Waals surface area contributed by atoms with Crippen LogP contribution < -0.4 is 5.32 Å². The molecule has 30 heavy (non-hydrogen) atoms. The van der Waals surface area contributed by atoms with Crippen LogP contribution in [0.1, 0.15) is 16.1 Å². The summed E-state index contributed by atoms with van der Waals surface area (Å²) in [7, 11) is 0. The summed E-state index contributed by atoms with van der Waals surface area (Å²) in [6.45, 7) is 0.583. The smallest absolute Gasteiger partial charge is 0.257 e. The Morgan fingerprint density at radius 1 is 0.900 bits per heavy atom. The number of benzene rings is 3. The van der Waals surface area contributed by atoms with Gasteiger partial charge in [-0.15, -0.1) is 0 Å². The van der Waals surface area contributed by atoms with Gasteiger partial charge in [-0.2, -0.15) is 0 Å². The molecule has 0 bridgehead atoms. The highest BCUT2D eigenvalue weighted by Gasteiger charge is 2.18. The molecule has 0 atom stereocenters. The zero-order valence-electron chi connectivity index (χ0n) is 16.2. The first-order valence-corrected chi connectivity index (χ1v) is 9.80. The molecule has 5 aromatic rings. The maximum atomic E-state index is 13.2. The van der Waals surface area contributed by atoms with Gasteiger partial charge in [-0.3, -0.25) is 4.79 Å². The number of anilines is 1. The van der Waals surface area contributed by atoms with Gasteiger partial charge in [0, 0.05) is 29.8 Å². The summed E-state index contributed by atoms with van der Waals surface area (Å²) in [5.74, 6) is -0.134. The van der Waals surface area contributed by atoms with Crippen LogP contribution in [-0.4, -0.2) is 20.4 Å². The van der Waals surface area contributed by atoms with Gasteiger partial charge in [-0.1, -0.05) is 60.7 Å². The Balaban J connectivity index is 1.61. The highest BCUT2D eigenvalue weighted by atomic mass is 16.1. The molecule has 0 aliphatic heterocycles. The van der Waals surface area contributed by atoms with E-state index >= 15 is 0 Å². The Bertz CT molecular complexity index is 1300. The van der Waals surface area contributed by atoms with Crippen LogP contribution in [0.15, 0.2) is 97.7 Å². The number of amides is 1. The number of imidazole rings is 1. The average molecular weight is 392 g/mol. The van der Waals surface area contributed by atoms with Crippen LogP contribution in [-0.2, 0) is 6.54 Å². The van der Waals surface area contributed by atoms with Gasteiger partial charge >= 0.3 is 0 Å². The third-order valence-corrected chi connectivity index (χ3v) is 5.14. The van der Waals surface area contributed by atoms with Gasteiger partial charge in [0.1, 0.15) is 0 Å². The fourth-order valence-corrected chi connectivity index (χ4v) is 3.74. The minimum Gasteiger partial charge on any atom is -0.351 e. The monoisotopic (exact) mass is 392 g/mol. The van der Waals surface area contributed by atoms with E-state index in [1.165, 1.54) is 0 Å². The Morgan fingerprint density at radius 3 is 2.53 bits per heavy atom. The molecule has 5 heteroatoms. The molecule has 0 saturated carbocycles. The molecule has 0 saturated heterocycles. The van der Waals surface area contributed by atoms with Crippen molar-refractivity contribution in [1.29, 1.82) is 0 Å². The molecule has 5 rings (SSSR count). The molecule has 146 valence electrons. The van der Waals surface area contributed by atoms with E-state index < -0.39 is 0 Å². The molecule has 2 aromatic heterocycles. The highest BCUT2D eigenvalue weighted by Crippen LogP contribution is 2.32. The van der Waals surface area contributed by atoms with Crippen molar-refractivity contribution in [1.82, 2.24) is 14.5 Å². The number of H-pyrrole nitrogens is 1. The van der Waals surface area contributed by atoms with Crippen molar-refractivity contribution in [3.63, 3.8) is 0 Å². The van der Waals surface area contributed by atoms with Crippen LogP contribution in [0.5, 0.6) is 0 Å². The summed E-state index contributed by atoms with van der Waals surface area (Å²) in [5.41, 5.74) is 4.24. The second kappa shape index (κ2) is 7.72. The lowest BCUT2D eigenvalue weighted by Gasteiger charge is -2.09. The number of nitrogens with zero attached hydrogens (tertiary/aromatic N) is 2. The van der Waals surface area contributed by atoms with E-state index in [0.29, 0.717) is 12.1 Å². The summed E-state index contributed by atoms with van der Waals surface area (Å²) >= 11 is 0. The number of rotatable bonds is 5. The van der Waals surface area contributed by atoms with Crippen molar-refractivity contribution >= 4 is 22.4 Å². The maximum Gasteiger partial charge on any atom is 0.257 e. The number of carbonyl (C=O) groups excluding carboxylic acids is 1. The van der Waals surface area contributed by atoms with E-state index in [9.17, 15) is 4.79 Å². The lowest BCUT2D eigenvalue weighted by atomic mass is 9.97. The van der Waals surface area contributed by atoms with Crippen molar-refractivity contribution in [2.45, 2.75) is 6.54 Å². The topological polar surface area (TPSA) is 62.7 Å². The summed E-state index contributed by atoms with van der Waals surface area (Å²) < 4.78 is 2.01. The lowest BCUT2D eigenvalue weighted by molar-refractivity contribution is 0.102. The number of nitrogens with one attached hydrogen (secondary N) is 2. The number of hydrogen-bond donors (Lipinski definition) is 2. The molecule has 3 aromatic carbocycles. The lowest BCUT2D eigenvalue weighted by Crippen LogP contribution is -2.12. The number of para-hydroxylation sites is 1. The predicted molar refractivity (Wildman–Crippen MR) is 119 cm³/mol. The van der Waals surface area contributed by atoms with E-state index in [0.717, 1.165) is 33.3 Å². The SMILES string of the molecule is O=C(Nc1ccccc1)c1cn(Cc2c[nH]cn2)cc1-c1cccc2ccccc12. The molecule has 1 amide bonds. The second-order valence-corrected chi connectivity index (χ2v) is 7.17. The Morgan fingerprint density at radius 2 is 1.70 bits per heavy atom. The summed E-state index contributed by atoms with van der Waals surface area (Å²) in [4.78, 5) is 20.5. The van der Waals surface area contributed by atoms with Gasteiger partial charge in [0.05, 0.1) is 24.1 Å². The highest BCUT2D eigenvalue weighted by molar-refractivity contribution is 6.11. The molecule has 0 fully saturated rings. The van der Waals surface area contributed by atoms with Gasteiger partial charge in [0.25, 0.3) is 5.91 Å². The Hall–Kier alpha value is -4.12. The maximum absolute atomic E-state index is 13.2. The first kappa shape index (κ1) is 17.9. The van der Waals surface area contributed by atoms with Gasteiger partial charge in [-0.25, -0.2) is 4.98 Å². The number of carbonyl (C=O) groups is 1. The molecular weight excluding hydrogens is 372 g/mol. The fourth-order valence-electron chi connectivity index (χ4n) is 3.74. The van der Waals surface area contributed by atoms with Crippen molar-refractivity contribution in [3.8, 4) is 11.1 Å². The first-order chi connectivity index (χ1) is 14.8. The molecular formula is C25H20N4O. The normalized spacial score (nSPS) is 10.9. The van der Waals surface area contributed by atoms with Crippen molar-refractivity contribution in [2.75, 3.05) is 5.32 Å². The largest absolute Gasteiger partial charge is 0.351 e. The Labute approximate surface area is 174 Å². The molecule has 0 spiro atoms. The van der Waals surface area contributed by atoms with Crippen LogP contribution in [0.4, 0.5) is 5.69 Å². The summed E-state index contributed by atoms with van der Waals surface area (Å²) in [6, 6.07) is 23.9. The number of aromatic nitrogens is 3. The number of fused-ring (bicyclic) bond motifs is 1. The summed E-state index contributed by atoms with van der Waals surface area (Å²) in [6.07, 6.45) is 7.44. The quantitative estimate of drug-likeness (QED) is 0.424. The van der Waals surface area contributed by atoms with Crippen molar-refractivity contribution in [2.24, 2.45) is 0 Å². The second-order valence-electron chi connectivity index (χ2n) is 7.17. The predicted octanol–water partition coefficient (Wildman–Crippen LogP) is 5.33. The average Bonchev–Trinajstić information content (AvgIpc) is 3.44. The van der Waals surface area contributed by atoms with Gasteiger partial charge in [0.15, 0.2) is 0 Å². The van der Waals surface area contributed by atoms with Gasteiger partial charge in [0.2, 0.25) is 0 Å². The molecule has 0 unspecified atom stereocenters. The van der Waals surface area contributed by atoms with Crippen LogP contribution >= 0.6 is 0 Å². The van der Waals surface area contributed by atoms with E-state index in [4.69, 9.17) is 0 Å². The third-order valence-electron chi connectivity index (χ3n) is 5.14. The van der Waals surface area contributed by atoms with Gasteiger partial charge in [-0.05, 0) is 28.5 Å². The van der Waals surface area contributed by atoms with Crippen molar-refractivity contribution in [3.05, 3.63) is 109 Å². The molecule has 2 heterocycles. The van der Waals surface area contributed by atoms with Crippen LogP contribution in [0.3, 0.4) is 0 Å². The van der Waals surface area contributed by atoms with E-state index in [2.05, 4.69) is 39.6 Å². The molecule has 0 aliphatic rings. The number of hydrogen-bond acceptors (Lipinski definition) is 2. The Kier molecular flexibility index (Phi) is 4.62. The number of aromatic amines is 1. The molecule has 0 aliphatic carbocycles. The minimum absolute atomic E-state index is 0.134. The van der Waals surface area contributed by atoms with Crippen LogP contribution in [0.2, 0.25) is 0 Å². The standard InChI is InChI=1S/C25H20N4O/c30-25(28-19-9-2-1-3-10-19)24-16-29(14-20-13-26-17-27-20)15-23(24)22-12-6-8-18-7-4-5-11-21(18)22/h1-13,15-17H,14H2,(H,26,27)(H,28,30). The fraction of sp³-hybridized carbons (Fsp3) is 0.0400.